The lowest BCUT2D eigenvalue weighted by Crippen LogP contribution is -2.33. The Kier molecular flexibility index (Phi) is 2.67. The lowest BCUT2D eigenvalue weighted by Gasteiger charge is -2.36. The molecule has 0 saturated carbocycles. The topological polar surface area (TPSA) is 26.3 Å². The maximum atomic E-state index is 13.3. The van der Waals surface area contributed by atoms with Crippen LogP contribution in [0.1, 0.15) is 33.1 Å². The molecule has 3 rings (SSSR count). The van der Waals surface area contributed by atoms with Crippen LogP contribution < -0.4 is 0 Å². The van der Waals surface area contributed by atoms with Gasteiger partial charge in [0.2, 0.25) is 0 Å². The molecule has 0 aliphatic carbocycles. The monoisotopic (exact) mass is 243 g/mol. The van der Waals surface area contributed by atoms with Crippen molar-refractivity contribution in [2.45, 2.75) is 45.2 Å². The quantitative estimate of drug-likeness (QED) is 0.559. The van der Waals surface area contributed by atoms with Gasteiger partial charge < -0.3 is 0 Å². The predicted molar refractivity (Wildman–Crippen MR) is 65.4 cm³/mol. The minimum absolute atomic E-state index is 0.528. The van der Waals surface area contributed by atoms with Crippen LogP contribution in [0.5, 0.6) is 0 Å². The molecule has 0 spiro atoms. The first-order valence-electron chi connectivity index (χ1n) is 6.54. The zero-order chi connectivity index (χ0) is 11.3. The van der Waals surface area contributed by atoms with E-state index in [2.05, 4.69) is 27.9 Å². The largest absolute Gasteiger partial charge is 0.287 e. The number of hydrogen-bond donors (Lipinski definition) is 0. The van der Waals surface area contributed by atoms with Crippen LogP contribution in [0.2, 0.25) is 0 Å². The molecule has 0 amide bonds. The van der Waals surface area contributed by atoms with Crippen LogP contribution >= 0.6 is 7.59 Å². The first kappa shape index (κ1) is 11.2. The smallest absolute Gasteiger partial charge is 0.270 e. The summed E-state index contributed by atoms with van der Waals surface area (Å²) < 4.78 is 20.0. The van der Waals surface area contributed by atoms with Crippen LogP contribution in [0.3, 0.4) is 0 Å². The van der Waals surface area contributed by atoms with E-state index in [1.807, 2.05) is 0 Å². The Morgan fingerprint density at radius 1 is 0.938 bits per heavy atom. The van der Waals surface area contributed by atoms with Crippen LogP contribution in [-0.4, -0.2) is 52.3 Å². The molecule has 3 aliphatic heterocycles. The summed E-state index contributed by atoms with van der Waals surface area (Å²) in [5.41, 5.74) is 0. The standard InChI is InChI=1S/C11H22N3OP/c1-10-8-13(10)16(15,14-9-11(14)2)12-6-4-3-5-7-12/h10-11H,3-9H2,1-2H3/t10-,11-,13?,14?,16?/m0/s1. The normalized spacial score (nSPS) is 47.4. The van der Waals surface area contributed by atoms with Crippen molar-refractivity contribution in [2.75, 3.05) is 26.2 Å². The highest BCUT2D eigenvalue weighted by Gasteiger charge is 2.57. The summed E-state index contributed by atoms with van der Waals surface area (Å²) in [6.07, 6.45) is 3.74. The van der Waals surface area contributed by atoms with Gasteiger partial charge >= 0.3 is 0 Å². The van der Waals surface area contributed by atoms with Crippen molar-refractivity contribution in [1.82, 2.24) is 14.0 Å². The number of nitrogens with zero attached hydrogens (tertiary/aromatic N) is 3. The molecule has 3 heterocycles. The Hall–Kier alpha value is 0.110. The molecule has 16 heavy (non-hydrogen) atoms. The molecule has 0 aromatic rings. The van der Waals surface area contributed by atoms with Gasteiger partial charge in [0.05, 0.1) is 0 Å². The van der Waals surface area contributed by atoms with Gasteiger partial charge in [0, 0.05) is 38.3 Å². The summed E-state index contributed by atoms with van der Waals surface area (Å²) in [4.78, 5) is 0. The third kappa shape index (κ3) is 1.67. The van der Waals surface area contributed by atoms with Crippen molar-refractivity contribution >= 4 is 7.59 Å². The van der Waals surface area contributed by atoms with Crippen molar-refractivity contribution in [3.63, 3.8) is 0 Å². The van der Waals surface area contributed by atoms with Gasteiger partial charge in [-0.3, -0.25) is 4.57 Å². The molecular weight excluding hydrogens is 221 g/mol. The van der Waals surface area contributed by atoms with E-state index in [-0.39, 0.29) is 0 Å². The molecule has 3 fully saturated rings. The van der Waals surface area contributed by atoms with E-state index in [0.29, 0.717) is 12.1 Å². The fourth-order valence-electron chi connectivity index (χ4n) is 2.78. The van der Waals surface area contributed by atoms with E-state index in [4.69, 9.17) is 0 Å². The molecular formula is C11H22N3OP. The minimum Gasteiger partial charge on any atom is -0.270 e. The molecule has 0 bridgehead atoms. The summed E-state index contributed by atoms with van der Waals surface area (Å²) in [5, 5.41) is 0. The highest BCUT2D eigenvalue weighted by Crippen LogP contribution is 2.66. The highest BCUT2D eigenvalue weighted by atomic mass is 31.2. The van der Waals surface area contributed by atoms with Gasteiger partial charge in [-0.2, -0.15) is 0 Å². The van der Waals surface area contributed by atoms with Gasteiger partial charge in [-0.05, 0) is 26.7 Å². The van der Waals surface area contributed by atoms with E-state index in [0.717, 1.165) is 26.2 Å². The molecule has 92 valence electrons. The summed E-state index contributed by atoms with van der Waals surface area (Å²) in [5.74, 6) is 0. The SMILES string of the molecule is C[C@H]1CN1P(=O)(N1CCCCC1)N1C[C@@H]1C. The van der Waals surface area contributed by atoms with Crippen LogP contribution in [0.4, 0.5) is 0 Å². The first-order valence-corrected chi connectivity index (χ1v) is 8.10. The molecule has 0 N–H and O–H groups in total. The molecule has 5 heteroatoms. The van der Waals surface area contributed by atoms with Crippen molar-refractivity contribution < 1.29 is 4.57 Å². The number of hydrogen-bond acceptors (Lipinski definition) is 1. The predicted octanol–water partition coefficient (Wildman–Crippen LogP) is 1.99. The van der Waals surface area contributed by atoms with Crippen LogP contribution in [0.15, 0.2) is 0 Å². The molecule has 0 aromatic carbocycles. The van der Waals surface area contributed by atoms with Gasteiger partial charge in [0.15, 0.2) is 0 Å². The Bertz CT molecular complexity index is 309. The third-order valence-electron chi connectivity index (χ3n) is 4.02. The van der Waals surface area contributed by atoms with Gasteiger partial charge in [-0.15, -0.1) is 0 Å². The Morgan fingerprint density at radius 3 is 1.75 bits per heavy atom. The van der Waals surface area contributed by atoms with E-state index in [1.54, 1.807) is 0 Å². The summed E-state index contributed by atoms with van der Waals surface area (Å²) >= 11 is 0. The fraction of sp³-hybridized carbons (Fsp3) is 1.00. The second-order valence-electron chi connectivity index (χ2n) is 5.47. The van der Waals surface area contributed by atoms with Crippen LogP contribution in [-0.2, 0) is 4.57 Å². The van der Waals surface area contributed by atoms with Gasteiger partial charge in [0.25, 0.3) is 7.59 Å². The maximum absolute atomic E-state index is 13.3. The van der Waals surface area contributed by atoms with Gasteiger partial charge in [-0.1, -0.05) is 6.42 Å². The third-order valence-corrected chi connectivity index (χ3v) is 7.61. The Labute approximate surface area is 98.1 Å². The Morgan fingerprint density at radius 2 is 1.38 bits per heavy atom. The highest BCUT2D eigenvalue weighted by molar-refractivity contribution is 7.57. The van der Waals surface area contributed by atoms with Gasteiger partial charge in [0.1, 0.15) is 0 Å². The second kappa shape index (κ2) is 3.81. The molecule has 4 atom stereocenters. The number of rotatable bonds is 3. The Balaban J connectivity index is 1.81. The average Bonchev–Trinajstić information content (AvgIpc) is 3.18. The van der Waals surface area contributed by atoms with E-state index in [9.17, 15) is 4.57 Å². The van der Waals surface area contributed by atoms with Crippen molar-refractivity contribution in [2.24, 2.45) is 0 Å². The average molecular weight is 243 g/mol. The van der Waals surface area contributed by atoms with E-state index < -0.39 is 7.59 Å². The summed E-state index contributed by atoms with van der Waals surface area (Å²) in [6, 6.07) is 1.06. The first-order chi connectivity index (χ1) is 7.64. The van der Waals surface area contributed by atoms with E-state index in [1.165, 1.54) is 19.3 Å². The molecule has 3 aliphatic rings. The lowest BCUT2D eigenvalue weighted by atomic mass is 10.2. The fourth-order valence-corrected chi connectivity index (χ4v) is 6.46. The lowest BCUT2D eigenvalue weighted by molar-refractivity contribution is 0.311. The van der Waals surface area contributed by atoms with Crippen molar-refractivity contribution in [3.05, 3.63) is 0 Å². The minimum atomic E-state index is -2.33. The molecule has 0 aromatic heterocycles. The van der Waals surface area contributed by atoms with Crippen molar-refractivity contribution in [1.29, 1.82) is 0 Å². The van der Waals surface area contributed by atoms with Gasteiger partial charge in [-0.25, -0.2) is 14.0 Å². The summed E-state index contributed by atoms with van der Waals surface area (Å²) in [6.45, 7) is 8.48. The zero-order valence-corrected chi connectivity index (χ0v) is 11.2. The summed E-state index contributed by atoms with van der Waals surface area (Å²) in [7, 11) is -2.33. The van der Waals surface area contributed by atoms with E-state index >= 15 is 0 Å². The maximum Gasteiger partial charge on any atom is 0.287 e. The number of piperidine rings is 1. The second-order valence-corrected chi connectivity index (χ2v) is 8.09. The zero-order valence-electron chi connectivity index (χ0n) is 10.3. The van der Waals surface area contributed by atoms with Crippen LogP contribution in [0, 0.1) is 0 Å². The van der Waals surface area contributed by atoms with Crippen molar-refractivity contribution in [3.8, 4) is 0 Å². The molecule has 2 unspecified atom stereocenters. The molecule has 0 radical (unpaired) electrons. The molecule has 4 nitrogen and oxygen atoms in total. The molecule has 3 saturated heterocycles. The van der Waals surface area contributed by atoms with Crippen LogP contribution in [0.25, 0.3) is 0 Å².